The standard InChI is InChI=1S/C14H18N2O3S2/c1-10-9-20-14(16-10)7-8-15-21(18,19)13-5-3-12(4-6-13)11(2)17/h3-6,9,11,15,17H,7-8H2,1-2H3. The Labute approximate surface area is 128 Å². The molecule has 2 N–H and O–H groups in total. The van der Waals surface area contributed by atoms with Gasteiger partial charge in [0, 0.05) is 24.0 Å². The molecule has 0 saturated heterocycles. The fraction of sp³-hybridized carbons (Fsp3) is 0.357. The zero-order valence-corrected chi connectivity index (χ0v) is 13.5. The van der Waals surface area contributed by atoms with Gasteiger partial charge in [0.15, 0.2) is 0 Å². The molecule has 1 aromatic heterocycles. The Morgan fingerprint density at radius 3 is 2.52 bits per heavy atom. The van der Waals surface area contributed by atoms with E-state index < -0.39 is 16.1 Å². The minimum atomic E-state index is -3.52. The van der Waals surface area contributed by atoms with Crippen LogP contribution in [0.1, 0.15) is 29.3 Å². The van der Waals surface area contributed by atoms with Crippen LogP contribution in [0.4, 0.5) is 0 Å². The van der Waals surface area contributed by atoms with E-state index in [0.29, 0.717) is 18.5 Å². The maximum absolute atomic E-state index is 12.1. The van der Waals surface area contributed by atoms with Crippen LogP contribution in [0.3, 0.4) is 0 Å². The lowest BCUT2D eigenvalue weighted by atomic mass is 10.1. The molecule has 0 fully saturated rings. The van der Waals surface area contributed by atoms with Crippen LogP contribution in [0.5, 0.6) is 0 Å². The average molecular weight is 326 g/mol. The summed E-state index contributed by atoms with van der Waals surface area (Å²) in [5, 5.41) is 12.3. The van der Waals surface area contributed by atoms with Gasteiger partial charge in [0.2, 0.25) is 10.0 Å². The van der Waals surface area contributed by atoms with Gasteiger partial charge < -0.3 is 5.11 Å². The van der Waals surface area contributed by atoms with E-state index in [2.05, 4.69) is 9.71 Å². The first-order chi connectivity index (χ1) is 9.88. The van der Waals surface area contributed by atoms with Gasteiger partial charge >= 0.3 is 0 Å². The molecule has 0 aliphatic carbocycles. The fourth-order valence-corrected chi connectivity index (χ4v) is 3.63. The number of nitrogens with one attached hydrogen (secondary N) is 1. The van der Waals surface area contributed by atoms with Gasteiger partial charge in [-0.15, -0.1) is 11.3 Å². The first kappa shape index (κ1) is 16.1. The van der Waals surface area contributed by atoms with E-state index in [4.69, 9.17) is 0 Å². The van der Waals surface area contributed by atoms with E-state index in [0.717, 1.165) is 10.7 Å². The number of aromatic nitrogens is 1. The predicted octanol–water partition coefficient (Wildman–Crippen LogP) is 2.03. The highest BCUT2D eigenvalue weighted by atomic mass is 32.2. The smallest absolute Gasteiger partial charge is 0.240 e. The summed E-state index contributed by atoms with van der Waals surface area (Å²) in [5.74, 6) is 0. The second-order valence-corrected chi connectivity index (χ2v) is 7.49. The maximum Gasteiger partial charge on any atom is 0.240 e. The van der Waals surface area contributed by atoms with Crippen molar-refractivity contribution in [2.75, 3.05) is 6.54 Å². The summed E-state index contributed by atoms with van der Waals surface area (Å²) in [6.45, 7) is 3.86. The number of thiazole rings is 1. The summed E-state index contributed by atoms with van der Waals surface area (Å²) in [6.07, 6.45) is -0.0356. The number of nitrogens with zero attached hydrogens (tertiary/aromatic N) is 1. The van der Waals surface area contributed by atoms with Crippen molar-refractivity contribution >= 4 is 21.4 Å². The van der Waals surface area contributed by atoms with Crippen molar-refractivity contribution in [1.29, 1.82) is 0 Å². The quantitative estimate of drug-likeness (QED) is 0.851. The lowest BCUT2D eigenvalue weighted by Gasteiger charge is -2.08. The van der Waals surface area contributed by atoms with Crippen LogP contribution in [0.2, 0.25) is 0 Å². The normalized spacial score (nSPS) is 13.3. The molecule has 21 heavy (non-hydrogen) atoms. The number of hydrogen-bond donors (Lipinski definition) is 2. The molecule has 2 rings (SSSR count). The highest BCUT2D eigenvalue weighted by Gasteiger charge is 2.14. The molecule has 1 atom stereocenters. The third kappa shape index (κ3) is 4.34. The fourth-order valence-electron chi connectivity index (χ4n) is 1.82. The van der Waals surface area contributed by atoms with Crippen molar-refractivity contribution in [3.8, 4) is 0 Å². The summed E-state index contributed by atoms with van der Waals surface area (Å²) >= 11 is 1.53. The Balaban J connectivity index is 1.97. The molecule has 0 spiro atoms. The molecule has 1 aromatic carbocycles. The lowest BCUT2D eigenvalue weighted by Crippen LogP contribution is -2.26. The number of aliphatic hydroxyl groups excluding tert-OH is 1. The molecule has 0 saturated carbocycles. The number of aliphatic hydroxyl groups is 1. The molecule has 7 heteroatoms. The minimum absolute atomic E-state index is 0.196. The second kappa shape index (κ2) is 6.65. The van der Waals surface area contributed by atoms with E-state index in [1.54, 1.807) is 19.1 Å². The van der Waals surface area contributed by atoms with Gasteiger partial charge in [-0.05, 0) is 31.5 Å². The van der Waals surface area contributed by atoms with Gasteiger partial charge in [0.1, 0.15) is 0 Å². The lowest BCUT2D eigenvalue weighted by molar-refractivity contribution is 0.199. The number of sulfonamides is 1. The first-order valence-electron chi connectivity index (χ1n) is 6.57. The van der Waals surface area contributed by atoms with Crippen LogP contribution in [-0.2, 0) is 16.4 Å². The predicted molar refractivity (Wildman–Crippen MR) is 82.8 cm³/mol. The van der Waals surface area contributed by atoms with E-state index in [1.165, 1.54) is 23.5 Å². The molecule has 1 heterocycles. The van der Waals surface area contributed by atoms with Gasteiger partial charge in [-0.2, -0.15) is 0 Å². The monoisotopic (exact) mass is 326 g/mol. The van der Waals surface area contributed by atoms with Crippen molar-refractivity contribution in [3.63, 3.8) is 0 Å². The summed E-state index contributed by atoms with van der Waals surface area (Å²) in [5.41, 5.74) is 1.64. The van der Waals surface area contributed by atoms with E-state index in [1.807, 2.05) is 12.3 Å². The van der Waals surface area contributed by atoms with Crippen molar-refractivity contribution in [1.82, 2.24) is 9.71 Å². The molecule has 2 aromatic rings. The Morgan fingerprint density at radius 2 is 2.00 bits per heavy atom. The van der Waals surface area contributed by atoms with Gasteiger partial charge in [0.05, 0.1) is 16.0 Å². The van der Waals surface area contributed by atoms with E-state index >= 15 is 0 Å². The average Bonchev–Trinajstić information content (AvgIpc) is 2.84. The van der Waals surface area contributed by atoms with Crippen molar-refractivity contribution < 1.29 is 13.5 Å². The molecule has 1 unspecified atom stereocenters. The largest absolute Gasteiger partial charge is 0.389 e. The molecule has 0 aliphatic heterocycles. The minimum Gasteiger partial charge on any atom is -0.389 e. The van der Waals surface area contributed by atoms with Gasteiger partial charge in [-0.25, -0.2) is 18.1 Å². The zero-order valence-electron chi connectivity index (χ0n) is 11.9. The van der Waals surface area contributed by atoms with Crippen LogP contribution >= 0.6 is 11.3 Å². The van der Waals surface area contributed by atoms with Crippen molar-refractivity contribution in [2.45, 2.75) is 31.3 Å². The number of benzene rings is 1. The van der Waals surface area contributed by atoms with E-state index in [-0.39, 0.29) is 4.90 Å². The van der Waals surface area contributed by atoms with Gasteiger partial charge in [-0.1, -0.05) is 12.1 Å². The summed E-state index contributed by atoms with van der Waals surface area (Å²) < 4.78 is 26.8. The molecule has 5 nitrogen and oxygen atoms in total. The molecular formula is C14H18N2O3S2. The Bertz CT molecular complexity index is 691. The highest BCUT2D eigenvalue weighted by molar-refractivity contribution is 7.89. The first-order valence-corrected chi connectivity index (χ1v) is 8.93. The third-order valence-electron chi connectivity index (χ3n) is 2.97. The number of hydrogen-bond acceptors (Lipinski definition) is 5. The Hall–Kier alpha value is -1.28. The number of aryl methyl sites for hydroxylation is 1. The SMILES string of the molecule is Cc1csc(CCNS(=O)(=O)c2ccc(C(C)O)cc2)n1. The van der Waals surface area contributed by atoms with Crippen LogP contribution < -0.4 is 4.72 Å². The highest BCUT2D eigenvalue weighted by Crippen LogP contribution is 2.16. The summed E-state index contributed by atoms with van der Waals surface area (Å²) in [4.78, 5) is 4.49. The maximum atomic E-state index is 12.1. The van der Waals surface area contributed by atoms with Gasteiger partial charge in [0.25, 0.3) is 0 Å². The molecular weight excluding hydrogens is 308 g/mol. The third-order valence-corrected chi connectivity index (χ3v) is 5.47. The molecule has 0 bridgehead atoms. The Morgan fingerprint density at radius 1 is 1.33 bits per heavy atom. The van der Waals surface area contributed by atoms with Crippen LogP contribution in [0.25, 0.3) is 0 Å². The molecule has 114 valence electrons. The summed E-state index contributed by atoms with van der Waals surface area (Å²) in [6, 6.07) is 6.22. The van der Waals surface area contributed by atoms with Crippen molar-refractivity contribution in [2.24, 2.45) is 0 Å². The second-order valence-electron chi connectivity index (χ2n) is 4.78. The topological polar surface area (TPSA) is 79.3 Å². The van der Waals surface area contributed by atoms with Crippen LogP contribution in [-0.4, -0.2) is 25.1 Å². The van der Waals surface area contributed by atoms with Crippen LogP contribution in [0.15, 0.2) is 34.5 Å². The molecule has 0 amide bonds. The molecule has 0 aliphatic rings. The summed E-state index contributed by atoms with van der Waals surface area (Å²) in [7, 11) is -3.52. The van der Waals surface area contributed by atoms with Gasteiger partial charge in [-0.3, -0.25) is 0 Å². The Kier molecular flexibility index (Phi) is 5.10. The van der Waals surface area contributed by atoms with E-state index in [9.17, 15) is 13.5 Å². The molecule has 0 radical (unpaired) electrons. The zero-order chi connectivity index (χ0) is 15.5. The number of rotatable bonds is 6. The van der Waals surface area contributed by atoms with Crippen LogP contribution in [0, 0.1) is 6.92 Å². The van der Waals surface area contributed by atoms with Crippen molar-refractivity contribution in [3.05, 3.63) is 45.9 Å².